The maximum atomic E-state index is 13.6. The fourth-order valence-corrected chi connectivity index (χ4v) is 5.93. The van der Waals surface area contributed by atoms with Crippen LogP contribution in [0.2, 0.25) is 0 Å². The second kappa shape index (κ2) is 10.1. The highest BCUT2D eigenvalue weighted by Crippen LogP contribution is 2.45. The number of ether oxygens (including phenoxy) is 1. The standard InChI is InChI=1S/C25H40N4O8S/c1-8-14-12-25(14,21(33)28-38(35,36)16-9-10-16)27-19(31)17-11-15(30)13-29(17)20(32)18(23(2,3)4)26-22(34)37-24(5,6)7/h8,14-18,30H,1,9-13H2,2-7H3,(H,26,34)(H,27,31)(H,28,33)/t14?,15-,17+,18-,25-/m1/s1. The molecule has 0 spiro atoms. The Labute approximate surface area is 224 Å². The van der Waals surface area contributed by atoms with Crippen molar-refractivity contribution in [3.63, 3.8) is 0 Å². The zero-order valence-electron chi connectivity index (χ0n) is 22.9. The topological polar surface area (TPSA) is 171 Å². The summed E-state index contributed by atoms with van der Waals surface area (Å²) in [4.78, 5) is 53.8. The van der Waals surface area contributed by atoms with Crippen LogP contribution >= 0.6 is 0 Å². The highest BCUT2D eigenvalue weighted by Gasteiger charge is 2.62. The van der Waals surface area contributed by atoms with Crippen molar-refractivity contribution in [2.24, 2.45) is 11.3 Å². The van der Waals surface area contributed by atoms with Gasteiger partial charge < -0.3 is 25.4 Å². The summed E-state index contributed by atoms with van der Waals surface area (Å²) in [6, 6.07) is -2.22. The van der Waals surface area contributed by atoms with Gasteiger partial charge >= 0.3 is 6.09 Å². The van der Waals surface area contributed by atoms with Crippen LogP contribution in [0, 0.1) is 11.3 Å². The summed E-state index contributed by atoms with van der Waals surface area (Å²) >= 11 is 0. The minimum atomic E-state index is -3.84. The Hall–Kier alpha value is -2.67. The number of alkyl carbamates (subject to hydrolysis) is 1. The van der Waals surface area contributed by atoms with Gasteiger partial charge in [0, 0.05) is 18.9 Å². The van der Waals surface area contributed by atoms with Crippen molar-refractivity contribution in [2.75, 3.05) is 6.54 Å². The predicted octanol–water partition coefficient (Wildman–Crippen LogP) is 0.557. The van der Waals surface area contributed by atoms with Crippen LogP contribution in [0.5, 0.6) is 0 Å². The lowest BCUT2D eigenvalue weighted by atomic mass is 9.85. The molecule has 1 saturated heterocycles. The Morgan fingerprint density at radius 1 is 1.13 bits per heavy atom. The lowest BCUT2D eigenvalue weighted by molar-refractivity contribution is -0.143. The lowest BCUT2D eigenvalue weighted by Gasteiger charge is -2.36. The summed E-state index contributed by atoms with van der Waals surface area (Å²) in [6.07, 6.45) is 0.667. The molecule has 38 heavy (non-hydrogen) atoms. The van der Waals surface area contributed by atoms with E-state index >= 15 is 0 Å². The van der Waals surface area contributed by atoms with E-state index in [0.717, 1.165) is 0 Å². The molecule has 4 amide bonds. The number of sulfonamides is 1. The SMILES string of the molecule is C=CC1C[C@]1(NC(=O)[C@@H]1C[C@@H](O)CN1C(=O)[C@@H](NC(=O)OC(C)(C)C)C(C)(C)C)C(=O)NS(=O)(=O)C1CC1. The number of carbonyl (C=O) groups is 4. The molecule has 0 radical (unpaired) electrons. The minimum Gasteiger partial charge on any atom is -0.444 e. The van der Waals surface area contributed by atoms with Crippen molar-refractivity contribution in [1.29, 1.82) is 0 Å². The van der Waals surface area contributed by atoms with E-state index in [-0.39, 0.29) is 19.4 Å². The maximum Gasteiger partial charge on any atom is 0.408 e. The molecule has 1 aliphatic heterocycles. The van der Waals surface area contributed by atoms with Crippen molar-refractivity contribution < 1.29 is 37.4 Å². The summed E-state index contributed by atoms with van der Waals surface area (Å²) in [5.74, 6) is -2.64. The van der Waals surface area contributed by atoms with Crippen LogP contribution in [-0.4, -0.2) is 83.4 Å². The van der Waals surface area contributed by atoms with Crippen LogP contribution in [0.3, 0.4) is 0 Å². The molecule has 0 aromatic heterocycles. The van der Waals surface area contributed by atoms with E-state index in [0.29, 0.717) is 12.8 Å². The van der Waals surface area contributed by atoms with Crippen molar-refractivity contribution >= 4 is 33.8 Å². The molecule has 0 bridgehead atoms. The lowest BCUT2D eigenvalue weighted by Crippen LogP contribution is -2.60. The number of amides is 4. The highest BCUT2D eigenvalue weighted by molar-refractivity contribution is 7.91. The number of carbonyl (C=O) groups excluding carboxylic acids is 4. The van der Waals surface area contributed by atoms with Crippen LogP contribution in [0.4, 0.5) is 4.79 Å². The van der Waals surface area contributed by atoms with Gasteiger partial charge in [0.1, 0.15) is 23.2 Å². The first-order chi connectivity index (χ1) is 17.3. The summed E-state index contributed by atoms with van der Waals surface area (Å²) < 4.78 is 32.1. The van der Waals surface area contributed by atoms with Gasteiger partial charge in [-0.15, -0.1) is 6.58 Å². The molecule has 214 valence electrons. The average molecular weight is 557 g/mol. The van der Waals surface area contributed by atoms with E-state index in [1.807, 2.05) is 0 Å². The van der Waals surface area contributed by atoms with Gasteiger partial charge in [-0.05, 0) is 45.4 Å². The molecule has 0 aromatic carbocycles. The van der Waals surface area contributed by atoms with E-state index in [2.05, 4.69) is 21.9 Å². The van der Waals surface area contributed by atoms with E-state index < -0.39 is 79.7 Å². The molecule has 1 unspecified atom stereocenters. The van der Waals surface area contributed by atoms with Gasteiger partial charge in [0.25, 0.3) is 5.91 Å². The Morgan fingerprint density at radius 3 is 2.21 bits per heavy atom. The molecule has 1 heterocycles. The molecule has 5 atom stereocenters. The van der Waals surface area contributed by atoms with Crippen LogP contribution in [0.1, 0.15) is 67.2 Å². The number of rotatable bonds is 8. The number of aliphatic hydroxyl groups excluding tert-OH is 1. The van der Waals surface area contributed by atoms with E-state index in [1.54, 1.807) is 41.5 Å². The third-order valence-electron chi connectivity index (χ3n) is 6.89. The van der Waals surface area contributed by atoms with Gasteiger partial charge in [0.15, 0.2) is 0 Å². The Kier molecular flexibility index (Phi) is 7.97. The van der Waals surface area contributed by atoms with Crippen LogP contribution in [0.25, 0.3) is 0 Å². The van der Waals surface area contributed by atoms with Crippen molar-refractivity contribution in [1.82, 2.24) is 20.3 Å². The second-order valence-corrected chi connectivity index (χ2v) is 14.5. The molecule has 13 heteroatoms. The van der Waals surface area contributed by atoms with Gasteiger partial charge in [-0.25, -0.2) is 13.2 Å². The van der Waals surface area contributed by atoms with Crippen LogP contribution in [-0.2, 0) is 29.1 Å². The zero-order chi connectivity index (χ0) is 28.8. The fraction of sp³-hybridized carbons (Fsp3) is 0.760. The van der Waals surface area contributed by atoms with E-state index in [4.69, 9.17) is 4.74 Å². The van der Waals surface area contributed by atoms with E-state index in [9.17, 15) is 32.7 Å². The highest BCUT2D eigenvalue weighted by atomic mass is 32.2. The van der Waals surface area contributed by atoms with Gasteiger partial charge in [-0.3, -0.25) is 19.1 Å². The number of likely N-dealkylation sites (tertiary alicyclic amines) is 1. The monoisotopic (exact) mass is 556 g/mol. The Balaban J connectivity index is 1.79. The molecule has 3 aliphatic rings. The normalized spacial score (nSPS) is 28.2. The number of hydrogen-bond acceptors (Lipinski definition) is 8. The molecule has 4 N–H and O–H groups in total. The quantitative estimate of drug-likeness (QED) is 0.314. The van der Waals surface area contributed by atoms with Crippen molar-refractivity contribution in [3.05, 3.63) is 12.7 Å². The molecular weight excluding hydrogens is 516 g/mol. The summed E-state index contributed by atoms with van der Waals surface area (Å²) in [5.41, 5.74) is -3.08. The molecule has 2 saturated carbocycles. The molecule has 0 aromatic rings. The second-order valence-electron chi connectivity index (χ2n) is 12.5. The first-order valence-corrected chi connectivity index (χ1v) is 14.3. The van der Waals surface area contributed by atoms with Gasteiger partial charge in [0.2, 0.25) is 21.8 Å². The van der Waals surface area contributed by atoms with Crippen LogP contribution in [0.15, 0.2) is 12.7 Å². The van der Waals surface area contributed by atoms with Gasteiger partial charge in [-0.1, -0.05) is 26.8 Å². The molecule has 12 nitrogen and oxygen atoms in total. The van der Waals surface area contributed by atoms with Gasteiger partial charge in [-0.2, -0.15) is 0 Å². The Morgan fingerprint density at radius 2 is 1.74 bits per heavy atom. The van der Waals surface area contributed by atoms with Gasteiger partial charge in [0.05, 0.1) is 11.4 Å². The summed E-state index contributed by atoms with van der Waals surface area (Å²) in [6.45, 7) is 13.8. The first kappa shape index (κ1) is 29.9. The minimum absolute atomic E-state index is 0.0856. The maximum absolute atomic E-state index is 13.6. The predicted molar refractivity (Wildman–Crippen MR) is 138 cm³/mol. The summed E-state index contributed by atoms with van der Waals surface area (Å²) in [5, 5.41) is 15.0. The first-order valence-electron chi connectivity index (χ1n) is 12.8. The molecular formula is C25H40N4O8S. The molecule has 3 fully saturated rings. The largest absolute Gasteiger partial charge is 0.444 e. The zero-order valence-corrected chi connectivity index (χ0v) is 23.7. The third kappa shape index (κ3) is 6.66. The number of hydrogen-bond donors (Lipinski definition) is 4. The number of nitrogens with one attached hydrogen (secondary N) is 3. The average Bonchev–Trinajstić information content (AvgIpc) is 3.66. The molecule has 2 aliphatic carbocycles. The van der Waals surface area contributed by atoms with E-state index in [1.165, 1.54) is 11.0 Å². The third-order valence-corrected chi connectivity index (χ3v) is 8.71. The van der Waals surface area contributed by atoms with Crippen molar-refractivity contribution in [3.8, 4) is 0 Å². The smallest absolute Gasteiger partial charge is 0.408 e. The van der Waals surface area contributed by atoms with Crippen molar-refractivity contribution in [2.45, 2.75) is 102 Å². The number of aliphatic hydroxyl groups is 1. The van der Waals surface area contributed by atoms with Crippen LogP contribution < -0.4 is 15.4 Å². The number of nitrogens with zero attached hydrogens (tertiary/aromatic N) is 1. The molecule has 3 rings (SSSR count). The summed E-state index contributed by atoms with van der Waals surface area (Å²) in [7, 11) is -3.84. The Bertz CT molecular complexity index is 1110. The fourth-order valence-electron chi connectivity index (χ4n) is 4.56. The number of β-amino-alcohol motifs (C(OH)–C–C–N with tert-alkyl or cyclic N) is 1.